The van der Waals surface area contributed by atoms with E-state index in [0.717, 1.165) is 32.1 Å². The molecule has 1 fully saturated rings. The Bertz CT molecular complexity index is 883. The number of hydrogen-bond donors (Lipinski definition) is 2. The monoisotopic (exact) mass is 416 g/mol. The molecule has 2 aromatic carbocycles. The maximum atomic E-state index is 14.1. The summed E-state index contributed by atoms with van der Waals surface area (Å²) < 4.78 is 32.9. The maximum absolute atomic E-state index is 14.1. The Balaban J connectivity index is 1.47. The number of ether oxygens (including phenoxy) is 1. The highest BCUT2D eigenvalue weighted by Gasteiger charge is 2.22. The molecule has 2 aromatic rings. The highest BCUT2D eigenvalue weighted by atomic mass is 19.1. The summed E-state index contributed by atoms with van der Waals surface area (Å²) in [5.74, 6) is -1.39. The second-order valence-corrected chi connectivity index (χ2v) is 7.45. The molecular formula is C23H26F2N2O3. The van der Waals surface area contributed by atoms with Crippen molar-refractivity contribution in [2.24, 2.45) is 5.92 Å². The number of para-hydroxylation sites is 1. The first-order chi connectivity index (χ1) is 14.5. The zero-order chi connectivity index (χ0) is 21.3. The Morgan fingerprint density at radius 1 is 0.967 bits per heavy atom. The summed E-state index contributed by atoms with van der Waals surface area (Å²) in [5.41, 5.74) is 0.460. The normalized spacial score (nSPS) is 14.2. The molecule has 2 N–H and O–H groups in total. The largest absolute Gasteiger partial charge is 0.491 e. The van der Waals surface area contributed by atoms with Crippen LogP contribution in [0.15, 0.2) is 42.5 Å². The lowest BCUT2D eigenvalue weighted by Gasteiger charge is -2.21. The Morgan fingerprint density at radius 3 is 2.50 bits per heavy atom. The molecule has 160 valence electrons. The third-order valence-electron chi connectivity index (χ3n) is 5.13. The van der Waals surface area contributed by atoms with Crippen LogP contribution in [0, 0.1) is 17.6 Å². The number of hydrogen-bond acceptors (Lipinski definition) is 3. The van der Waals surface area contributed by atoms with Crippen molar-refractivity contribution >= 4 is 23.2 Å². The summed E-state index contributed by atoms with van der Waals surface area (Å²) >= 11 is 0. The summed E-state index contributed by atoms with van der Waals surface area (Å²) in [6.07, 6.45) is 5.35. The van der Waals surface area contributed by atoms with Crippen LogP contribution in [-0.4, -0.2) is 18.4 Å². The van der Waals surface area contributed by atoms with E-state index >= 15 is 0 Å². The minimum Gasteiger partial charge on any atom is -0.491 e. The first kappa shape index (κ1) is 21.7. The molecule has 0 heterocycles. The molecule has 0 spiro atoms. The second kappa shape index (κ2) is 10.7. The Morgan fingerprint density at radius 2 is 1.73 bits per heavy atom. The molecule has 30 heavy (non-hydrogen) atoms. The molecule has 3 rings (SSSR count). The van der Waals surface area contributed by atoms with Crippen molar-refractivity contribution in [3.05, 3.63) is 54.1 Å². The lowest BCUT2D eigenvalue weighted by atomic mass is 9.88. The molecule has 5 nitrogen and oxygen atoms in total. The van der Waals surface area contributed by atoms with Crippen molar-refractivity contribution in [3.63, 3.8) is 0 Å². The quantitative estimate of drug-likeness (QED) is 0.575. The van der Waals surface area contributed by atoms with Gasteiger partial charge in [0.15, 0.2) is 11.6 Å². The van der Waals surface area contributed by atoms with Gasteiger partial charge in [0.1, 0.15) is 5.82 Å². The van der Waals surface area contributed by atoms with Gasteiger partial charge in [0.25, 0.3) is 0 Å². The van der Waals surface area contributed by atoms with E-state index in [9.17, 15) is 18.4 Å². The van der Waals surface area contributed by atoms with Gasteiger partial charge in [-0.25, -0.2) is 8.78 Å². The molecule has 0 aliphatic heterocycles. The van der Waals surface area contributed by atoms with Crippen molar-refractivity contribution in [1.29, 1.82) is 0 Å². The van der Waals surface area contributed by atoms with Gasteiger partial charge in [-0.1, -0.05) is 31.4 Å². The minimum absolute atomic E-state index is 0.0614. The maximum Gasteiger partial charge on any atom is 0.227 e. The Hall–Kier alpha value is -2.96. The average Bonchev–Trinajstić information content (AvgIpc) is 2.75. The van der Waals surface area contributed by atoms with Gasteiger partial charge in [-0.3, -0.25) is 9.59 Å². The van der Waals surface area contributed by atoms with Gasteiger partial charge in [0, 0.05) is 18.0 Å². The predicted molar refractivity (Wildman–Crippen MR) is 111 cm³/mol. The molecule has 0 radical (unpaired) electrons. The lowest BCUT2D eigenvalue weighted by molar-refractivity contribution is -0.120. The minimum atomic E-state index is -0.546. The highest BCUT2D eigenvalue weighted by molar-refractivity contribution is 5.95. The van der Waals surface area contributed by atoms with Gasteiger partial charge in [0.05, 0.1) is 12.3 Å². The number of benzene rings is 2. The molecule has 1 aliphatic carbocycles. The van der Waals surface area contributed by atoms with Crippen LogP contribution in [0.5, 0.6) is 5.75 Å². The number of halogens is 2. The fourth-order valence-electron chi connectivity index (χ4n) is 3.50. The third-order valence-corrected chi connectivity index (χ3v) is 5.13. The second-order valence-electron chi connectivity index (χ2n) is 7.45. The van der Waals surface area contributed by atoms with E-state index in [-0.39, 0.29) is 42.2 Å². The first-order valence-corrected chi connectivity index (χ1v) is 10.3. The van der Waals surface area contributed by atoms with Crippen molar-refractivity contribution in [2.75, 3.05) is 17.2 Å². The molecule has 0 atom stereocenters. The zero-order valence-electron chi connectivity index (χ0n) is 16.8. The molecule has 1 aliphatic rings. The van der Waals surface area contributed by atoms with E-state index in [1.165, 1.54) is 30.3 Å². The van der Waals surface area contributed by atoms with Gasteiger partial charge >= 0.3 is 0 Å². The highest BCUT2D eigenvalue weighted by Crippen LogP contribution is 2.26. The smallest absolute Gasteiger partial charge is 0.227 e. The van der Waals surface area contributed by atoms with Gasteiger partial charge < -0.3 is 15.4 Å². The molecule has 2 amide bonds. The van der Waals surface area contributed by atoms with Gasteiger partial charge in [-0.05, 0) is 49.6 Å². The number of carbonyl (C=O) groups excluding carboxylic acids is 2. The van der Waals surface area contributed by atoms with Crippen LogP contribution in [0.2, 0.25) is 0 Å². The van der Waals surface area contributed by atoms with Gasteiger partial charge in [-0.2, -0.15) is 0 Å². The van der Waals surface area contributed by atoms with E-state index in [1.807, 2.05) is 0 Å². The van der Waals surface area contributed by atoms with Crippen LogP contribution in [-0.2, 0) is 9.59 Å². The number of carbonyl (C=O) groups is 2. The number of rotatable bonds is 8. The summed E-state index contributed by atoms with van der Waals surface area (Å²) in [6, 6.07) is 10.2. The summed E-state index contributed by atoms with van der Waals surface area (Å²) in [7, 11) is 0. The van der Waals surface area contributed by atoms with E-state index < -0.39 is 11.6 Å². The van der Waals surface area contributed by atoms with E-state index in [0.29, 0.717) is 12.1 Å². The van der Waals surface area contributed by atoms with E-state index in [1.54, 1.807) is 12.1 Å². The van der Waals surface area contributed by atoms with Crippen LogP contribution >= 0.6 is 0 Å². The van der Waals surface area contributed by atoms with Crippen molar-refractivity contribution in [1.82, 2.24) is 0 Å². The molecule has 0 saturated heterocycles. The van der Waals surface area contributed by atoms with E-state index in [2.05, 4.69) is 10.6 Å². The van der Waals surface area contributed by atoms with Crippen LogP contribution in [0.25, 0.3) is 0 Å². The molecule has 0 aromatic heterocycles. The van der Waals surface area contributed by atoms with Gasteiger partial charge in [0.2, 0.25) is 11.8 Å². The molecule has 7 heteroatoms. The fourth-order valence-corrected chi connectivity index (χ4v) is 3.50. The average molecular weight is 416 g/mol. The number of amides is 2. The van der Waals surface area contributed by atoms with E-state index in [4.69, 9.17) is 4.74 Å². The third kappa shape index (κ3) is 6.27. The molecular weight excluding hydrogens is 390 g/mol. The van der Waals surface area contributed by atoms with Crippen LogP contribution in [0.4, 0.5) is 20.2 Å². The van der Waals surface area contributed by atoms with Gasteiger partial charge in [-0.15, -0.1) is 0 Å². The summed E-state index contributed by atoms with van der Waals surface area (Å²) in [5, 5.41) is 5.33. The SMILES string of the molecule is O=C(CCCOc1ccccc1F)Nc1ccc(F)c(NC(=O)C2CCCCC2)c1. The van der Waals surface area contributed by atoms with Crippen molar-refractivity contribution in [2.45, 2.75) is 44.9 Å². The summed E-state index contributed by atoms with van der Waals surface area (Å²) in [6.45, 7) is 0.195. The zero-order valence-corrected chi connectivity index (χ0v) is 16.8. The molecule has 1 saturated carbocycles. The molecule has 0 bridgehead atoms. The van der Waals surface area contributed by atoms with Crippen LogP contribution < -0.4 is 15.4 Å². The number of nitrogens with one attached hydrogen (secondary N) is 2. The standard InChI is InChI=1S/C23H26F2N2O3/c24-18-13-12-17(15-20(18)27-23(29)16-7-2-1-3-8-16)26-22(28)11-6-14-30-21-10-5-4-9-19(21)25/h4-5,9-10,12-13,15-16H,1-3,6-8,11,14H2,(H,26,28)(H,27,29). The van der Waals surface area contributed by atoms with Crippen molar-refractivity contribution < 1.29 is 23.1 Å². The fraction of sp³-hybridized carbons (Fsp3) is 0.391. The van der Waals surface area contributed by atoms with Crippen LogP contribution in [0.3, 0.4) is 0 Å². The van der Waals surface area contributed by atoms with Crippen molar-refractivity contribution in [3.8, 4) is 5.75 Å². The summed E-state index contributed by atoms with van der Waals surface area (Å²) in [4.78, 5) is 24.5. The molecule has 0 unspecified atom stereocenters. The number of anilines is 2. The lowest BCUT2D eigenvalue weighted by Crippen LogP contribution is -2.25. The first-order valence-electron chi connectivity index (χ1n) is 10.3. The Kier molecular flexibility index (Phi) is 7.76. The topological polar surface area (TPSA) is 67.4 Å². The predicted octanol–water partition coefficient (Wildman–Crippen LogP) is 5.28. The van der Waals surface area contributed by atoms with Crippen LogP contribution in [0.1, 0.15) is 44.9 Å². The Labute approximate surface area is 174 Å².